The van der Waals surface area contributed by atoms with E-state index in [9.17, 15) is 8.42 Å². The quantitative estimate of drug-likeness (QED) is 0.733. The first-order valence-electron chi connectivity index (χ1n) is 6.13. The Morgan fingerprint density at radius 3 is 2.56 bits per heavy atom. The molecule has 0 fully saturated rings. The van der Waals surface area contributed by atoms with Crippen molar-refractivity contribution in [3.63, 3.8) is 0 Å². The van der Waals surface area contributed by atoms with E-state index in [1.165, 1.54) is 6.07 Å². The molecular formula is C12H21N3O2S. The van der Waals surface area contributed by atoms with Crippen LogP contribution in [0.15, 0.2) is 23.4 Å². The molecule has 0 saturated heterocycles. The molecule has 0 aliphatic heterocycles. The Balaban J connectivity index is 2.70. The fourth-order valence-corrected chi connectivity index (χ4v) is 2.63. The molecule has 1 aromatic rings. The molecule has 6 heteroatoms. The summed E-state index contributed by atoms with van der Waals surface area (Å²) in [5.41, 5.74) is 0.979. The lowest BCUT2D eigenvalue weighted by atomic mass is 10.3. The van der Waals surface area contributed by atoms with Gasteiger partial charge in [0, 0.05) is 18.8 Å². The molecule has 1 heterocycles. The number of rotatable bonds is 7. The lowest BCUT2D eigenvalue weighted by Gasteiger charge is -2.09. The summed E-state index contributed by atoms with van der Waals surface area (Å²) in [4.78, 5) is 3.99. The summed E-state index contributed by atoms with van der Waals surface area (Å²) >= 11 is 0. The number of hydrogen-bond acceptors (Lipinski definition) is 4. The van der Waals surface area contributed by atoms with Gasteiger partial charge in [-0.2, -0.15) is 0 Å². The van der Waals surface area contributed by atoms with E-state index in [-0.39, 0.29) is 11.1 Å². The third-order valence-electron chi connectivity index (χ3n) is 2.22. The van der Waals surface area contributed by atoms with Gasteiger partial charge < -0.3 is 5.32 Å². The number of pyridine rings is 1. The Morgan fingerprint density at radius 2 is 2.06 bits per heavy atom. The van der Waals surface area contributed by atoms with Gasteiger partial charge >= 0.3 is 0 Å². The van der Waals surface area contributed by atoms with E-state index in [0.717, 1.165) is 18.5 Å². The van der Waals surface area contributed by atoms with Gasteiger partial charge in [0.05, 0.1) is 0 Å². The number of sulfonamides is 1. The molecule has 0 aliphatic rings. The molecule has 0 amide bonds. The third kappa shape index (κ3) is 4.72. The average molecular weight is 271 g/mol. The Bertz CT molecular complexity index is 455. The van der Waals surface area contributed by atoms with Crippen LogP contribution in [0, 0.1) is 0 Å². The molecule has 0 aromatic carbocycles. The fourth-order valence-electron chi connectivity index (χ4n) is 1.45. The minimum absolute atomic E-state index is 0.0652. The summed E-state index contributed by atoms with van der Waals surface area (Å²) in [6.45, 7) is 7.30. The van der Waals surface area contributed by atoms with E-state index in [1.807, 2.05) is 0 Å². The average Bonchev–Trinajstić information content (AvgIpc) is 2.28. The molecule has 0 aliphatic carbocycles. The summed E-state index contributed by atoms with van der Waals surface area (Å²) in [7, 11) is -3.48. The Labute approximate surface area is 109 Å². The first kappa shape index (κ1) is 15.1. The van der Waals surface area contributed by atoms with Gasteiger partial charge in [-0.05, 0) is 38.4 Å². The summed E-state index contributed by atoms with van der Waals surface area (Å²) in [6.07, 6.45) is 2.66. The topological polar surface area (TPSA) is 71.1 Å². The van der Waals surface area contributed by atoms with Crippen LogP contribution in [0.4, 0.5) is 0 Å². The minimum Gasteiger partial charge on any atom is -0.313 e. The molecular weight excluding hydrogens is 250 g/mol. The largest absolute Gasteiger partial charge is 0.313 e. The predicted molar refractivity (Wildman–Crippen MR) is 71.7 cm³/mol. The molecule has 0 radical (unpaired) electrons. The highest BCUT2D eigenvalue weighted by Gasteiger charge is 2.16. The van der Waals surface area contributed by atoms with Crippen molar-refractivity contribution in [3.8, 4) is 0 Å². The first-order chi connectivity index (χ1) is 8.45. The van der Waals surface area contributed by atoms with E-state index in [2.05, 4.69) is 21.9 Å². The molecule has 0 atom stereocenters. The maximum atomic E-state index is 11.8. The Hall–Kier alpha value is -0.980. The lowest BCUT2D eigenvalue weighted by molar-refractivity contribution is 0.565. The molecule has 2 N–H and O–H groups in total. The van der Waals surface area contributed by atoms with Crippen LogP contribution >= 0.6 is 0 Å². The van der Waals surface area contributed by atoms with Crippen LogP contribution in [0.5, 0.6) is 0 Å². The Morgan fingerprint density at radius 1 is 1.33 bits per heavy atom. The summed E-state index contributed by atoms with van der Waals surface area (Å²) in [5, 5.41) is 3.30. The SMILES string of the molecule is CCCNCc1ccc(S(=O)(=O)NC(C)C)nc1. The summed E-state index contributed by atoms with van der Waals surface area (Å²) in [5.74, 6) is 0. The second-order valence-electron chi connectivity index (χ2n) is 4.46. The van der Waals surface area contributed by atoms with Crippen molar-refractivity contribution in [2.75, 3.05) is 6.54 Å². The van der Waals surface area contributed by atoms with Gasteiger partial charge in [0.15, 0.2) is 5.03 Å². The second-order valence-corrected chi connectivity index (χ2v) is 6.12. The van der Waals surface area contributed by atoms with E-state index >= 15 is 0 Å². The van der Waals surface area contributed by atoms with Crippen LogP contribution < -0.4 is 10.0 Å². The third-order valence-corrected chi connectivity index (χ3v) is 3.79. The molecule has 1 aromatic heterocycles. The fraction of sp³-hybridized carbons (Fsp3) is 0.583. The van der Waals surface area contributed by atoms with Crippen molar-refractivity contribution in [2.45, 2.75) is 44.8 Å². The summed E-state index contributed by atoms with van der Waals surface area (Å²) in [6, 6.07) is 3.18. The van der Waals surface area contributed by atoms with Crippen LogP contribution in [0.3, 0.4) is 0 Å². The van der Waals surface area contributed by atoms with Crippen LogP contribution in [0.2, 0.25) is 0 Å². The second kappa shape index (κ2) is 6.82. The van der Waals surface area contributed by atoms with E-state index in [1.54, 1.807) is 26.1 Å². The molecule has 0 spiro atoms. The van der Waals surface area contributed by atoms with Crippen LogP contribution in [0.1, 0.15) is 32.8 Å². The Kier molecular flexibility index (Phi) is 5.71. The van der Waals surface area contributed by atoms with Crippen molar-refractivity contribution >= 4 is 10.0 Å². The number of hydrogen-bond donors (Lipinski definition) is 2. The molecule has 102 valence electrons. The predicted octanol–water partition coefficient (Wildman–Crippen LogP) is 1.27. The van der Waals surface area contributed by atoms with Crippen LogP contribution in [-0.2, 0) is 16.6 Å². The van der Waals surface area contributed by atoms with Gasteiger partial charge in [-0.25, -0.2) is 18.1 Å². The molecule has 0 unspecified atom stereocenters. The lowest BCUT2D eigenvalue weighted by Crippen LogP contribution is -2.30. The summed E-state index contributed by atoms with van der Waals surface area (Å²) < 4.78 is 26.2. The zero-order valence-corrected chi connectivity index (χ0v) is 11.9. The van der Waals surface area contributed by atoms with E-state index < -0.39 is 10.0 Å². The van der Waals surface area contributed by atoms with Crippen LogP contribution in [0.25, 0.3) is 0 Å². The molecule has 0 saturated carbocycles. The molecule has 5 nitrogen and oxygen atoms in total. The van der Waals surface area contributed by atoms with Crippen molar-refractivity contribution in [1.82, 2.24) is 15.0 Å². The maximum Gasteiger partial charge on any atom is 0.258 e. The van der Waals surface area contributed by atoms with Gasteiger partial charge in [-0.3, -0.25) is 0 Å². The smallest absolute Gasteiger partial charge is 0.258 e. The van der Waals surface area contributed by atoms with Crippen molar-refractivity contribution in [3.05, 3.63) is 23.9 Å². The van der Waals surface area contributed by atoms with E-state index in [4.69, 9.17) is 0 Å². The van der Waals surface area contributed by atoms with Gasteiger partial charge in [0.1, 0.15) is 0 Å². The molecule has 1 rings (SSSR count). The van der Waals surface area contributed by atoms with Crippen molar-refractivity contribution in [1.29, 1.82) is 0 Å². The van der Waals surface area contributed by atoms with Crippen molar-refractivity contribution < 1.29 is 8.42 Å². The highest BCUT2D eigenvalue weighted by molar-refractivity contribution is 7.89. The highest BCUT2D eigenvalue weighted by atomic mass is 32.2. The number of nitrogens with zero attached hydrogens (tertiary/aromatic N) is 1. The minimum atomic E-state index is -3.48. The molecule has 18 heavy (non-hydrogen) atoms. The monoisotopic (exact) mass is 271 g/mol. The van der Waals surface area contributed by atoms with Gasteiger partial charge in [-0.1, -0.05) is 13.0 Å². The molecule has 0 bridgehead atoms. The zero-order valence-electron chi connectivity index (χ0n) is 11.1. The van der Waals surface area contributed by atoms with Gasteiger partial charge in [0.25, 0.3) is 10.0 Å². The normalized spacial score (nSPS) is 12.0. The zero-order chi connectivity index (χ0) is 13.6. The number of aromatic nitrogens is 1. The van der Waals surface area contributed by atoms with Crippen molar-refractivity contribution in [2.24, 2.45) is 0 Å². The van der Waals surface area contributed by atoms with Crippen LogP contribution in [-0.4, -0.2) is 26.0 Å². The highest BCUT2D eigenvalue weighted by Crippen LogP contribution is 2.07. The maximum absolute atomic E-state index is 11.8. The standard InChI is InChI=1S/C12H21N3O2S/c1-4-7-13-8-11-5-6-12(14-9-11)18(16,17)15-10(2)3/h5-6,9-10,13,15H,4,7-8H2,1-3H3. The first-order valence-corrected chi connectivity index (χ1v) is 7.62. The van der Waals surface area contributed by atoms with Gasteiger partial charge in [-0.15, -0.1) is 0 Å². The van der Waals surface area contributed by atoms with E-state index in [0.29, 0.717) is 6.54 Å². The number of nitrogens with one attached hydrogen (secondary N) is 2. The van der Waals surface area contributed by atoms with Gasteiger partial charge in [0.2, 0.25) is 0 Å².